The average Bonchev–Trinajstić information content (AvgIpc) is 2.68. The standard InChI is InChI=1S/C22H12Br2O4/c23-17-9-7-11(19-13(17)3-1-5-15(19)21(25)26)12-8-10-18(24)14-4-2-6-16(20(12)14)22(27)28/h1-10H,(H,25,26)(H,27,28). The Kier molecular flexibility index (Phi) is 4.69. The monoisotopic (exact) mass is 498 g/mol. The molecule has 0 aliphatic heterocycles. The van der Waals surface area contributed by atoms with Gasteiger partial charge in [0.1, 0.15) is 0 Å². The van der Waals surface area contributed by atoms with Crippen LogP contribution in [-0.2, 0) is 0 Å². The van der Waals surface area contributed by atoms with E-state index in [4.69, 9.17) is 0 Å². The molecule has 0 aliphatic carbocycles. The lowest BCUT2D eigenvalue weighted by atomic mass is 9.90. The average molecular weight is 500 g/mol. The van der Waals surface area contributed by atoms with E-state index in [2.05, 4.69) is 31.9 Å². The fraction of sp³-hybridized carbons (Fsp3) is 0. The molecule has 28 heavy (non-hydrogen) atoms. The second kappa shape index (κ2) is 7.04. The highest BCUT2D eigenvalue weighted by atomic mass is 79.9. The second-order valence-corrected chi connectivity index (χ2v) is 7.97. The lowest BCUT2D eigenvalue weighted by Crippen LogP contribution is -2.01. The maximum absolute atomic E-state index is 11.9. The first-order chi connectivity index (χ1) is 13.4. The highest BCUT2D eigenvalue weighted by Crippen LogP contribution is 2.41. The molecule has 0 aliphatic rings. The number of carboxylic acids is 2. The summed E-state index contributed by atoms with van der Waals surface area (Å²) in [7, 11) is 0. The molecular weight excluding hydrogens is 488 g/mol. The molecule has 0 fully saturated rings. The molecule has 6 heteroatoms. The minimum atomic E-state index is -1.04. The number of aromatic carboxylic acids is 2. The van der Waals surface area contributed by atoms with Gasteiger partial charge in [-0.25, -0.2) is 9.59 Å². The lowest BCUT2D eigenvalue weighted by Gasteiger charge is -2.15. The van der Waals surface area contributed by atoms with Crippen molar-refractivity contribution in [2.75, 3.05) is 0 Å². The van der Waals surface area contributed by atoms with Gasteiger partial charge in [0, 0.05) is 19.7 Å². The van der Waals surface area contributed by atoms with Gasteiger partial charge in [0.2, 0.25) is 0 Å². The number of rotatable bonds is 3. The Balaban J connectivity index is 2.23. The third kappa shape index (κ3) is 2.89. The number of benzene rings is 4. The number of halogens is 2. The third-order valence-corrected chi connectivity index (χ3v) is 6.11. The van der Waals surface area contributed by atoms with Gasteiger partial charge < -0.3 is 10.2 Å². The minimum absolute atomic E-state index is 0.165. The lowest BCUT2D eigenvalue weighted by molar-refractivity contribution is 0.0688. The zero-order chi connectivity index (χ0) is 20.0. The summed E-state index contributed by atoms with van der Waals surface area (Å²) < 4.78 is 1.54. The van der Waals surface area contributed by atoms with Crippen LogP contribution in [0.15, 0.2) is 69.6 Å². The van der Waals surface area contributed by atoms with E-state index in [0.29, 0.717) is 21.9 Å². The zero-order valence-electron chi connectivity index (χ0n) is 14.2. The van der Waals surface area contributed by atoms with Crippen molar-refractivity contribution in [1.82, 2.24) is 0 Å². The molecular formula is C22H12Br2O4. The largest absolute Gasteiger partial charge is 0.478 e. The molecule has 0 saturated carbocycles. The van der Waals surface area contributed by atoms with E-state index in [1.54, 1.807) is 24.3 Å². The molecule has 0 bridgehead atoms. The van der Waals surface area contributed by atoms with Crippen molar-refractivity contribution in [3.05, 3.63) is 80.7 Å². The Hall–Kier alpha value is -2.70. The maximum atomic E-state index is 11.9. The molecule has 138 valence electrons. The predicted octanol–water partition coefficient (Wildman–Crippen LogP) is 6.58. The molecule has 4 rings (SSSR count). The van der Waals surface area contributed by atoms with Gasteiger partial charge in [0.15, 0.2) is 0 Å². The molecule has 0 amide bonds. The fourth-order valence-corrected chi connectivity index (χ4v) is 4.47. The predicted molar refractivity (Wildman–Crippen MR) is 116 cm³/mol. The van der Waals surface area contributed by atoms with Crippen LogP contribution in [0.3, 0.4) is 0 Å². The first-order valence-corrected chi connectivity index (χ1v) is 9.88. The summed E-state index contributed by atoms with van der Waals surface area (Å²) in [6, 6.07) is 17.5. The Labute approximate surface area is 176 Å². The van der Waals surface area contributed by atoms with E-state index in [1.807, 2.05) is 36.4 Å². The van der Waals surface area contributed by atoms with E-state index >= 15 is 0 Å². The van der Waals surface area contributed by atoms with Crippen molar-refractivity contribution in [2.45, 2.75) is 0 Å². The highest BCUT2D eigenvalue weighted by molar-refractivity contribution is 9.11. The topological polar surface area (TPSA) is 74.6 Å². The normalized spacial score (nSPS) is 11.1. The van der Waals surface area contributed by atoms with E-state index in [-0.39, 0.29) is 11.1 Å². The van der Waals surface area contributed by atoms with Crippen molar-refractivity contribution in [3.63, 3.8) is 0 Å². The molecule has 2 N–H and O–H groups in total. The van der Waals surface area contributed by atoms with Crippen molar-refractivity contribution in [1.29, 1.82) is 0 Å². The first-order valence-electron chi connectivity index (χ1n) is 8.29. The molecule has 0 unspecified atom stereocenters. The second-order valence-electron chi connectivity index (χ2n) is 6.26. The molecule has 0 aromatic heterocycles. The van der Waals surface area contributed by atoms with Crippen LogP contribution in [0.4, 0.5) is 0 Å². The Morgan fingerprint density at radius 3 is 1.36 bits per heavy atom. The van der Waals surface area contributed by atoms with Gasteiger partial charge in [-0.3, -0.25) is 0 Å². The number of carboxylic acid groups (broad SMARTS) is 2. The summed E-state index contributed by atoms with van der Waals surface area (Å²) in [5.74, 6) is -2.07. The quantitative estimate of drug-likeness (QED) is 0.333. The first kappa shape index (κ1) is 18.7. The Morgan fingerprint density at radius 2 is 1.00 bits per heavy atom. The van der Waals surface area contributed by atoms with Crippen LogP contribution in [-0.4, -0.2) is 22.2 Å². The molecule has 0 saturated heterocycles. The van der Waals surface area contributed by atoms with E-state index in [9.17, 15) is 19.8 Å². The molecule has 4 aromatic rings. The van der Waals surface area contributed by atoms with Gasteiger partial charge in [0.25, 0.3) is 0 Å². The summed E-state index contributed by atoms with van der Waals surface area (Å²) in [6.07, 6.45) is 0. The Bertz CT molecular complexity index is 1190. The van der Waals surface area contributed by atoms with Crippen molar-refractivity contribution < 1.29 is 19.8 Å². The van der Waals surface area contributed by atoms with Crippen LogP contribution < -0.4 is 0 Å². The maximum Gasteiger partial charge on any atom is 0.336 e. The SMILES string of the molecule is O=C(O)c1cccc2c(Br)ccc(-c3ccc(Br)c4cccc(C(=O)O)c34)c12. The molecule has 4 nitrogen and oxygen atoms in total. The molecule has 0 radical (unpaired) electrons. The molecule has 4 aromatic carbocycles. The molecule has 0 spiro atoms. The van der Waals surface area contributed by atoms with Crippen molar-refractivity contribution >= 4 is 65.3 Å². The van der Waals surface area contributed by atoms with Crippen LogP contribution in [0.1, 0.15) is 20.7 Å². The fourth-order valence-electron chi connectivity index (χ4n) is 3.55. The number of carbonyl (C=O) groups is 2. The number of fused-ring (bicyclic) bond motifs is 2. The van der Waals surface area contributed by atoms with Gasteiger partial charge >= 0.3 is 11.9 Å². The van der Waals surface area contributed by atoms with Crippen LogP contribution in [0.2, 0.25) is 0 Å². The summed E-state index contributed by atoms with van der Waals surface area (Å²) in [4.78, 5) is 23.8. The van der Waals surface area contributed by atoms with Gasteiger partial charge in [0.05, 0.1) is 11.1 Å². The van der Waals surface area contributed by atoms with E-state index in [1.165, 1.54) is 0 Å². The van der Waals surface area contributed by atoms with E-state index < -0.39 is 11.9 Å². The highest BCUT2D eigenvalue weighted by Gasteiger charge is 2.19. The van der Waals surface area contributed by atoms with Gasteiger partial charge in [-0.2, -0.15) is 0 Å². The molecule has 0 atom stereocenters. The van der Waals surface area contributed by atoms with Crippen LogP contribution in [0.5, 0.6) is 0 Å². The summed E-state index contributed by atoms with van der Waals surface area (Å²) in [5.41, 5.74) is 1.67. The third-order valence-electron chi connectivity index (χ3n) is 4.73. The zero-order valence-corrected chi connectivity index (χ0v) is 17.4. The number of hydrogen-bond donors (Lipinski definition) is 2. The van der Waals surface area contributed by atoms with Gasteiger partial charge in [-0.05, 0) is 46.2 Å². The summed E-state index contributed by atoms with van der Waals surface area (Å²) in [6.45, 7) is 0. The minimum Gasteiger partial charge on any atom is -0.478 e. The van der Waals surface area contributed by atoms with Crippen LogP contribution in [0, 0.1) is 0 Å². The van der Waals surface area contributed by atoms with Crippen molar-refractivity contribution in [2.24, 2.45) is 0 Å². The molecule has 0 heterocycles. The van der Waals surface area contributed by atoms with Crippen LogP contribution in [0.25, 0.3) is 32.7 Å². The van der Waals surface area contributed by atoms with Crippen LogP contribution >= 0.6 is 31.9 Å². The summed E-state index contributed by atoms with van der Waals surface area (Å²) >= 11 is 6.98. The summed E-state index contributed by atoms with van der Waals surface area (Å²) in [5, 5.41) is 22.1. The van der Waals surface area contributed by atoms with Gasteiger partial charge in [-0.15, -0.1) is 0 Å². The van der Waals surface area contributed by atoms with Crippen molar-refractivity contribution in [3.8, 4) is 11.1 Å². The number of hydrogen-bond acceptors (Lipinski definition) is 2. The van der Waals surface area contributed by atoms with E-state index in [0.717, 1.165) is 19.7 Å². The van der Waals surface area contributed by atoms with Gasteiger partial charge in [-0.1, -0.05) is 68.3 Å². The Morgan fingerprint density at radius 1 is 0.607 bits per heavy atom. The smallest absolute Gasteiger partial charge is 0.336 e.